The number of carbonyl (C=O) groups excluding carboxylic acids is 1. The summed E-state index contributed by atoms with van der Waals surface area (Å²) in [7, 11) is 0. The predicted octanol–water partition coefficient (Wildman–Crippen LogP) is 3.34. The number of Topliss-reactive ketones (excluding diaryl/α,β-unsaturated/α-hetero) is 1. The van der Waals surface area contributed by atoms with E-state index in [0.29, 0.717) is 12.8 Å². The molecule has 1 aromatic heterocycles. The number of rotatable bonds is 5. The fourth-order valence-electron chi connectivity index (χ4n) is 1.64. The first-order chi connectivity index (χ1) is 8.16. The Morgan fingerprint density at radius 3 is 2.65 bits per heavy atom. The number of carboxylic acids is 1. The third-order valence-corrected chi connectivity index (χ3v) is 3.65. The number of benzene rings is 1. The van der Waals surface area contributed by atoms with Gasteiger partial charge in [-0.05, 0) is 23.9 Å². The summed E-state index contributed by atoms with van der Waals surface area (Å²) >= 11 is 1.47. The first-order valence-electron chi connectivity index (χ1n) is 5.40. The number of carboxylic acid groups (broad SMARTS) is 1. The molecule has 1 N–H and O–H groups in total. The van der Waals surface area contributed by atoms with Gasteiger partial charge in [0.15, 0.2) is 5.78 Å². The lowest BCUT2D eigenvalue weighted by Crippen LogP contribution is -1.99. The number of fused-ring (bicyclic) bond motifs is 1. The van der Waals surface area contributed by atoms with Gasteiger partial charge in [0.25, 0.3) is 0 Å². The van der Waals surface area contributed by atoms with Gasteiger partial charge in [-0.15, -0.1) is 11.3 Å². The Kier molecular flexibility index (Phi) is 3.54. The van der Waals surface area contributed by atoms with Gasteiger partial charge in [0.2, 0.25) is 0 Å². The summed E-state index contributed by atoms with van der Waals surface area (Å²) < 4.78 is 1.09. The van der Waals surface area contributed by atoms with E-state index < -0.39 is 5.97 Å². The second kappa shape index (κ2) is 5.10. The molecule has 0 bridgehead atoms. The summed E-state index contributed by atoms with van der Waals surface area (Å²) in [6.45, 7) is 0. The molecular formula is C13H12O3S. The molecule has 0 saturated heterocycles. The summed E-state index contributed by atoms with van der Waals surface area (Å²) in [5.74, 6) is -0.818. The van der Waals surface area contributed by atoms with Crippen molar-refractivity contribution < 1.29 is 14.7 Å². The van der Waals surface area contributed by atoms with Gasteiger partial charge in [0, 0.05) is 17.5 Å². The van der Waals surface area contributed by atoms with Crippen LogP contribution >= 0.6 is 11.3 Å². The summed E-state index contributed by atoms with van der Waals surface area (Å²) in [5.41, 5.74) is 0. The number of carbonyl (C=O) groups is 2. The molecule has 17 heavy (non-hydrogen) atoms. The zero-order valence-corrected chi connectivity index (χ0v) is 10.00. The van der Waals surface area contributed by atoms with Crippen molar-refractivity contribution in [2.75, 3.05) is 0 Å². The molecular weight excluding hydrogens is 236 g/mol. The SMILES string of the molecule is O=C(O)CCCC(=O)c1cc2ccccc2s1. The molecule has 1 heterocycles. The first kappa shape index (κ1) is 11.8. The molecule has 0 amide bonds. The van der Waals surface area contributed by atoms with Crippen molar-refractivity contribution in [3.05, 3.63) is 35.2 Å². The molecule has 0 aliphatic carbocycles. The Bertz CT molecular complexity index is 524. The van der Waals surface area contributed by atoms with E-state index >= 15 is 0 Å². The Morgan fingerprint density at radius 1 is 1.18 bits per heavy atom. The molecule has 0 aliphatic heterocycles. The highest BCUT2D eigenvalue weighted by molar-refractivity contribution is 7.20. The summed E-state index contributed by atoms with van der Waals surface area (Å²) in [5, 5.41) is 9.57. The van der Waals surface area contributed by atoms with E-state index in [9.17, 15) is 9.59 Å². The summed E-state index contributed by atoms with van der Waals surface area (Å²) in [4.78, 5) is 22.9. The van der Waals surface area contributed by atoms with Gasteiger partial charge < -0.3 is 5.11 Å². The number of hydrogen-bond acceptors (Lipinski definition) is 3. The predicted molar refractivity (Wildman–Crippen MR) is 67.6 cm³/mol. The second-order valence-corrected chi connectivity index (χ2v) is 4.90. The van der Waals surface area contributed by atoms with Crippen molar-refractivity contribution in [2.24, 2.45) is 0 Å². The van der Waals surface area contributed by atoms with E-state index in [-0.39, 0.29) is 12.2 Å². The van der Waals surface area contributed by atoms with Crippen LogP contribution in [0.1, 0.15) is 28.9 Å². The summed E-state index contributed by atoms with van der Waals surface area (Å²) in [6, 6.07) is 9.71. The second-order valence-electron chi connectivity index (χ2n) is 3.82. The maximum atomic E-state index is 11.8. The minimum Gasteiger partial charge on any atom is -0.481 e. The lowest BCUT2D eigenvalue weighted by Gasteiger charge is -1.95. The Balaban J connectivity index is 2.06. The normalized spacial score (nSPS) is 10.6. The standard InChI is InChI=1S/C13H12O3S/c14-10(5-3-7-13(15)16)12-8-9-4-1-2-6-11(9)17-12/h1-2,4,6,8H,3,5,7H2,(H,15,16). The minimum atomic E-state index is -0.853. The van der Waals surface area contributed by atoms with Crippen molar-refractivity contribution in [1.29, 1.82) is 0 Å². The summed E-state index contributed by atoms with van der Waals surface area (Å²) in [6.07, 6.45) is 0.762. The molecule has 1 aromatic carbocycles. The van der Waals surface area contributed by atoms with Gasteiger partial charge in [0.1, 0.15) is 0 Å². The fraction of sp³-hybridized carbons (Fsp3) is 0.231. The van der Waals surface area contributed by atoms with Crippen molar-refractivity contribution in [3.63, 3.8) is 0 Å². The van der Waals surface area contributed by atoms with Crippen molar-refractivity contribution >= 4 is 33.2 Å². The molecule has 2 aromatic rings. The lowest BCUT2D eigenvalue weighted by molar-refractivity contribution is -0.137. The van der Waals surface area contributed by atoms with E-state index in [2.05, 4.69) is 0 Å². The van der Waals surface area contributed by atoms with Crippen LogP contribution < -0.4 is 0 Å². The quantitative estimate of drug-likeness (QED) is 0.826. The number of thiophene rings is 1. The highest BCUT2D eigenvalue weighted by Crippen LogP contribution is 2.26. The third-order valence-electron chi connectivity index (χ3n) is 2.49. The molecule has 0 atom stereocenters. The number of hydrogen-bond donors (Lipinski definition) is 1. The van der Waals surface area contributed by atoms with E-state index in [4.69, 9.17) is 5.11 Å². The van der Waals surface area contributed by atoms with Gasteiger partial charge >= 0.3 is 5.97 Å². The molecule has 0 aliphatic rings. The van der Waals surface area contributed by atoms with Crippen LogP contribution in [0.3, 0.4) is 0 Å². The van der Waals surface area contributed by atoms with Crippen molar-refractivity contribution in [1.82, 2.24) is 0 Å². The van der Waals surface area contributed by atoms with Gasteiger partial charge in [-0.25, -0.2) is 0 Å². The van der Waals surface area contributed by atoms with E-state index in [1.165, 1.54) is 11.3 Å². The maximum absolute atomic E-state index is 11.8. The molecule has 0 spiro atoms. The maximum Gasteiger partial charge on any atom is 0.303 e. The molecule has 0 saturated carbocycles. The Hall–Kier alpha value is -1.68. The van der Waals surface area contributed by atoms with Crippen LogP contribution in [-0.2, 0) is 4.79 Å². The van der Waals surface area contributed by atoms with Crippen LogP contribution in [0.5, 0.6) is 0 Å². The van der Waals surface area contributed by atoms with Crippen LogP contribution in [0.4, 0.5) is 0 Å². The largest absolute Gasteiger partial charge is 0.481 e. The molecule has 0 radical (unpaired) electrons. The van der Waals surface area contributed by atoms with Gasteiger partial charge in [-0.2, -0.15) is 0 Å². The van der Waals surface area contributed by atoms with Crippen molar-refractivity contribution in [2.45, 2.75) is 19.3 Å². The van der Waals surface area contributed by atoms with E-state index in [0.717, 1.165) is 15.0 Å². The Labute approximate surface area is 103 Å². The zero-order valence-electron chi connectivity index (χ0n) is 9.18. The van der Waals surface area contributed by atoms with E-state index in [1.807, 2.05) is 30.3 Å². The Morgan fingerprint density at radius 2 is 1.94 bits per heavy atom. The van der Waals surface area contributed by atoms with Crippen LogP contribution in [0.25, 0.3) is 10.1 Å². The highest BCUT2D eigenvalue weighted by atomic mass is 32.1. The molecule has 3 nitrogen and oxygen atoms in total. The van der Waals surface area contributed by atoms with Crippen molar-refractivity contribution in [3.8, 4) is 0 Å². The van der Waals surface area contributed by atoms with Crippen LogP contribution in [0.2, 0.25) is 0 Å². The molecule has 0 unspecified atom stereocenters. The fourth-order valence-corrected chi connectivity index (χ4v) is 2.67. The minimum absolute atomic E-state index is 0.0347. The van der Waals surface area contributed by atoms with Gasteiger partial charge in [-0.1, -0.05) is 18.2 Å². The average molecular weight is 248 g/mol. The topological polar surface area (TPSA) is 54.4 Å². The van der Waals surface area contributed by atoms with Crippen LogP contribution in [0.15, 0.2) is 30.3 Å². The smallest absolute Gasteiger partial charge is 0.303 e. The van der Waals surface area contributed by atoms with Crippen LogP contribution in [0, 0.1) is 0 Å². The average Bonchev–Trinajstić information content (AvgIpc) is 2.71. The number of aliphatic carboxylic acids is 1. The van der Waals surface area contributed by atoms with Crippen LogP contribution in [-0.4, -0.2) is 16.9 Å². The molecule has 2 rings (SSSR count). The molecule has 0 fully saturated rings. The number of ketones is 1. The molecule has 4 heteroatoms. The zero-order chi connectivity index (χ0) is 12.3. The highest BCUT2D eigenvalue weighted by Gasteiger charge is 2.10. The molecule has 88 valence electrons. The third kappa shape index (κ3) is 2.91. The lowest BCUT2D eigenvalue weighted by atomic mass is 10.1. The van der Waals surface area contributed by atoms with Gasteiger partial charge in [0.05, 0.1) is 4.88 Å². The monoisotopic (exact) mass is 248 g/mol. The first-order valence-corrected chi connectivity index (χ1v) is 6.22. The van der Waals surface area contributed by atoms with Gasteiger partial charge in [-0.3, -0.25) is 9.59 Å². The van der Waals surface area contributed by atoms with E-state index in [1.54, 1.807) is 0 Å².